The maximum atomic E-state index is 12.7. The number of piperazine rings is 1. The smallest absolute Gasteiger partial charge is 0.257 e. The van der Waals surface area contributed by atoms with Crippen LogP contribution in [0.5, 0.6) is 0 Å². The molecule has 0 aliphatic carbocycles. The van der Waals surface area contributed by atoms with E-state index in [-0.39, 0.29) is 18.4 Å². The van der Waals surface area contributed by atoms with Gasteiger partial charge in [0.05, 0.1) is 17.8 Å². The van der Waals surface area contributed by atoms with Crippen molar-refractivity contribution in [1.29, 1.82) is 0 Å². The highest BCUT2D eigenvalue weighted by Gasteiger charge is 2.20. The fraction of sp³-hybridized carbons (Fsp3) is 0.200. The summed E-state index contributed by atoms with van der Waals surface area (Å²) in [6.45, 7) is 3.47. The molecule has 0 unspecified atom stereocenters. The van der Waals surface area contributed by atoms with Crippen molar-refractivity contribution >= 4 is 40.5 Å². The summed E-state index contributed by atoms with van der Waals surface area (Å²) >= 11 is 6.10. The number of hydrogen-bond donors (Lipinski definition) is 2. The van der Waals surface area contributed by atoms with Crippen LogP contribution in [0.3, 0.4) is 0 Å². The first kappa shape index (κ1) is 21.9. The molecule has 0 atom stereocenters. The summed E-state index contributed by atoms with van der Waals surface area (Å²) in [5.74, 6) is -0.400. The van der Waals surface area contributed by atoms with Crippen LogP contribution in [0.2, 0.25) is 5.02 Å². The van der Waals surface area contributed by atoms with Crippen LogP contribution in [-0.2, 0) is 4.79 Å². The van der Waals surface area contributed by atoms with Gasteiger partial charge in [-0.1, -0.05) is 48.0 Å². The summed E-state index contributed by atoms with van der Waals surface area (Å²) in [5, 5.41) is 6.49. The lowest BCUT2D eigenvalue weighted by atomic mass is 10.1. The van der Waals surface area contributed by atoms with Crippen molar-refractivity contribution in [3.8, 4) is 0 Å². The number of nitrogens with one attached hydrogen (secondary N) is 2. The third-order valence-electron chi connectivity index (χ3n) is 5.39. The van der Waals surface area contributed by atoms with Gasteiger partial charge in [-0.2, -0.15) is 0 Å². The van der Waals surface area contributed by atoms with Crippen LogP contribution in [0, 0.1) is 0 Å². The second kappa shape index (κ2) is 10.3. The van der Waals surface area contributed by atoms with E-state index >= 15 is 0 Å². The molecule has 0 saturated carbocycles. The Bertz CT molecular complexity index is 1080. The average Bonchev–Trinajstić information content (AvgIpc) is 2.80. The van der Waals surface area contributed by atoms with E-state index in [1.165, 1.54) is 0 Å². The summed E-state index contributed by atoms with van der Waals surface area (Å²) in [5.41, 5.74) is 2.73. The van der Waals surface area contributed by atoms with Crippen molar-refractivity contribution in [3.05, 3.63) is 89.4 Å². The monoisotopic (exact) mass is 448 g/mol. The number of anilines is 3. The number of amides is 2. The number of hydrogen-bond acceptors (Lipinski definition) is 4. The quantitative estimate of drug-likeness (QED) is 0.588. The molecular weight excluding hydrogens is 424 g/mol. The second-order valence-corrected chi connectivity index (χ2v) is 8.09. The number of benzene rings is 3. The fourth-order valence-electron chi connectivity index (χ4n) is 3.74. The molecular formula is C25H25ClN4O2. The summed E-state index contributed by atoms with van der Waals surface area (Å²) in [4.78, 5) is 29.8. The van der Waals surface area contributed by atoms with Gasteiger partial charge in [-0.05, 0) is 42.5 Å². The molecule has 0 radical (unpaired) electrons. The highest BCUT2D eigenvalue weighted by molar-refractivity contribution is 6.30. The Morgan fingerprint density at radius 2 is 1.53 bits per heavy atom. The van der Waals surface area contributed by atoms with Gasteiger partial charge >= 0.3 is 0 Å². The lowest BCUT2D eigenvalue weighted by Crippen LogP contribution is -2.48. The molecule has 0 bridgehead atoms. The van der Waals surface area contributed by atoms with E-state index in [0.29, 0.717) is 16.9 Å². The van der Waals surface area contributed by atoms with Crippen LogP contribution in [0.1, 0.15) is 10.4 Å². The van der Waals surface area contributed by atoms with Gasteiger partial charge < -0.3 is 15.5 Å². The third kappa shape index (κ3) is 5.66. The summed E-state index contributed by atoms with van der Waals surface area (Å²) < 4.78 is 0. The van der Waals surface area contributed by atoms with E-state index in [4.69, 9.17) is 11.6 Å². The lowest BCUT2D eigenvalue weighted by Gasteiger charge is -2.35. The summed E-state index contributed by atoms with van der Waals surface area (Å²) in [6, 6.07) is 24.1. The van der Waals surface area contributed by atoms with Gasteiger partial charge in [0.1, 0.15) is 0 Å². The van der Waals surface area contributed by atoms with Gasteiger partial charge in [-0.3, -0.25) is 14.5 Å². The molecule has 4 rings (SSSR count). The largest absolute Gasteiger partial charge is 0.369 e. The van der Waals surface area contributed by atoms with Gasteiger partial charge in [-0.15, -0.1) is 0 Å². The zero-order valence-electron chi connectivity index (χ0n) is 17.6. The zero-order chi connectivity index (χ0) is 22.3. The molecule has 0 aromatic heterocycles. The molecule has 164 valence electrons. The zero-order valence-corrected chi connectivity index (χ0v) is 18.4. The van der Waals surface area contributed by atoms with Crippen LogP contribution in [-0.4, -0.2) is 49.4 Å². The molecule has 2 N–H and O–H groups in total. The van der Waals surface area contributed by atoms with E-state index < -0.39 is 0 Å². The van der Waals surface area contributed by atoms with E-state index in [1.807, 2.05) is 54.6 Å². The van der Waals surface area contributed by atoms with Crippen molar-refractivity contribution in [2.75, 3.05) is 48.3 Å². The minimum Gasteiger partial charge on any atom is -0.369 e. The normalized spacial score (nSPS) is 14.1. The van der Waals surface area contributed by atoms with Gasteiger partial charge in [-0.25, -0.2) is 0 Å². The Morgan fingerprint density at radius 3 is 2.28 bits per heavy atom. The first-order valence-electron chi connectivity index (χ1n) is 10.6. The van der Waals surface area contributed by atoms with Gasteiger partial charge in [0.15, 0.2) is 0 Å². The Labute approximate surface area is 192 Å². The number of nitrogens with zero attached hydrogens (tertiary/aromatic N) is 2. The number of para-hydroxylation sites is 2. The van der Waals surface area contributed by atoms with Crippen LogP contribution < -0.4 is 15.5 Å². The molecule has 3 aromatic rings. The van der Waals surface area contributed by atoms with Crippen molar-refractivity contribution in [2.24, 2.45) is 0 Å². The fourth-order valence-corrected chi connectivity index (χ4v) is 3.92. The molecule has 1 aliphatic heterocycles. The van der Waals surface area contributed by atoms with Crippen molar-refractivity contribution in [1.82, 2.24) is 4.90 Å². The summed E-state index contributed by atoms with van der Waals surface area (Å²) in [7, 11) is 0. The van der Waals surface area contributed by atoms with Crippen LogP contribution in [0.15, 0.2) is 78.9 Å². The Balaban J connectivity index is 1.32. The molecule has 1 heterocycles. The standard InChI is InChI=1S/C25H25ClN4O2/c26-19-7-6-10-21(17-19)30-15-13-29(14-16-30)18-24(31)28-23-12-5-4-11-22(23)25(32)27-20-8-2-1-3-9-20/h1-12,17H,13-16,18H2,(H,27,32)(H,28,31). The Hall–Kier alpha value is -3.35. The molecule has 1 aliphatic rings. The van der Waals surface area contributed by atoms with Crippen molar-refractivity contribution in [3.63, 3.8) is 0 Å². The molecule has 1 saturated heterocycles. The molecule has 32 heavy (non-hydrogen) atoms. The van der Waals surface area contributed by atoms with Crippen molar-refractivity contribution in [2.45, 2.75) is 0 Å². The molecule has 6 nitrogen and oxygen atoms in total. The SMILES string of the molecule is O=C(CN1CCN(c2cccc(Cl)c2)CC1)Nc1ccccc1C(=O)Nc1ccccc1. The molecule has 3 aromatic carbocycles. The maximum Gasteiger partial charge on any atom is 0.257 e. The number of carbonyl (C=O) groups is 2. The van der Waals surface area contributed by atoms with E-state index in [9.17, 15) is 9.59 Å². The van der Waals surface area contributed by atoms with E-state index in [1.54, 1.807) is 24.3 Å². The average molecular weight is 449 g/mol. The minimum atomic E-state index is -0.262. The van der Waals surface area contributed by atoms with Crippen LogP contribution in [0.4, 0.5) is 17.1 Å². The number of rotatable bonds is 6. The highest BCUT2D eigenvalue weighted by atomic mass is 35.5. The minimum absolute atomic E-state index is 0.138. The predicted molar refractivity (Wildman–Crippen MR) is 130 cm³/mol. The Kier molecular flexibility index (Phi) is 7.04. The second-order valence-electron chi connectivity index (χ2n) is 7.66. The third-order valence-corrected chi connectivity index (χ3v) is 5.63. The van der Waals surface area contributed by atoms with Crippen molar-refractivity contribution < 1.29 is 9.59 Å². The predicted octanol–water partition coefficient (Wildman–Crippen LogP) is 4.35. The van der Waals surface area contributed by atoms with Gasteiger partial charge in [0, 0.05) is 42.6 Å². The Morgan fingerprint density at radius 1 is 0.812 bits per heavy atom. The van der Waals surface area contributed by atoms with Crippen LogP contribution >= 0.6 is 11.6 Å². The topological polar surface area (TPSA) is 64.7 Å². The van der Waals surface area contributed by atoms with Gasteiger partial charge in [0.25, 0.3) is 5.91 Å². The highest BCUT2D eigenvalue weighted by Crippen LogP contribution is 2.21. The van der Waals surface area contributed by atoms with E-state index in [2.05, 4.69) is 20.4 Å². The first-order chi connectivity index (χ1) is 15.6. The first-order valence-corrected chi connectivity index (χ1v) is 10.9. The molecule has 1 fully saturated rings. The molecule has 0 spiro atoms. The van der Waals surface area contributed by atoms with Crippen LogP contribution in [0.25, 0.3) is 0 Å². The number of carbonyl (C=O) groups excluding carboxylic acids is 2. The maximum absolute atomic E-state index is 12.7. The molecule has 7 heteroatoms. The lowest BCUT2D eigenvalue weighted by molar-refractivity contribution is -0.117. The molecule has 2 amide bonds. The number of halogens is 1. The summed E-state index contributed by atoms with van der Waals surface area (Å²) in [6.07, 6.45) is 0. The van der Waals surface area contributed by atoms with Gasteiger partial charge in [0.2, 0.25) is 5.91 Å². The van der Waals surface area contributed by atoms with E-state index in [0.717, 1.165) is 36.9 Å².